The van der Waals surface area contributed by atoms with E-state index in [4.69, 9.17) is 5.10 Å². The molecule has 2 aromatic rings. The first kappa shape index (κ1) is 16.3. The van der Waals surface area contributed by atoms with Crippen LogP contribution in [0.15, 0.2) is 30.3 Å². The molecule has 1 saturated heterocycles. The number of amides is 1. The average molecular weight is 338 g/mol. The molecule has 0 radical (unpaired) electrons. The lowest BCUT2D eigenvalue weighted by atomic mass is 10.0. The van der Waals surface area contributed by atoms with Gasteiger partial charge in [-0.2, -0.15) is 5.10 Å². The van der Waals surface area contributed by atoms with Gasteiger partial charge >= 0.3 is 0 Å². The van der Waals surface area contributed by atoms with Crippen molar-refractivity contribution in [3.05, 3.63) is 47.3 Å². The van der Waals surface area contributed by atoms with Crippen LogP contribution < -0.4 is 5.32 Å². The third-order valence-corrected chi connectivity index (χ3v) is 5.52. The maximum atomic E-state index is 12.9. The first-order valence-corrected chi connectivity index (χ1v) is 9.45. The van der Waals surface area contributed by atoms with Crippen LogP contribution in [0.1, 0.15) is 47.9 Å². The van der Waals surface area contributed by atoms with Crippen LogP contribution in [0.25, 0.3) is 5.69 Å². The number of piperidine rings is 1. The summed E-state index contributed by atoms with van der Waals surface area (Å²) < 4.78 is 1.97. The molecule has 0 spiro atoms. The summed E-state index contributed by atoms with van der Waals surface area (Å²) >= 11 is 0. The molecule has 0 atom stereocenters. The van der Waals surface area contributed by atoms with E-state index >= 15 is 0 Å². The van der Waals surface area contributed by atoms with Gasteiger partial charge in [-0.15, -0.1) is 0 Å². The molecule has 1 aromatic carbocycles. The molecule has 1 aromatic heterocycles. The van der Waals surface area contributed by atoms with Crippen LogP contribution in [0.4, 0.5) is 0 Å². The zero-order chi connectivity index (χ0) is 17.2. The van der Waals surface area contributed by atoms with Gasteiger partial charge in [-0.25, -0.2) is 4.68 Å². The summed E-state index contributed by atoms with van der Waals surface area (Å²) in [6.07, 6.45) is 5.12. The summed E-state index contributed by atoms with van der Waals surface area (Å²) in [4.78, 5) is 15.3. The van der Waals surface area contributed by atoms with Crippen LogP contribution in [0.5, 0.6) is 0 Å². The number of aromatic nitrogens is 2. The summed E-state index contributed by atoms with van der Waals surface area (Å²) in [5.41, 5.74) is 4.02. The molecule has 1 fully saturated rings. The zero-order valence-corrected chi connectivity index (χ0v) is 14.9. The summed E-state index contributed by atoms with van der Waals surface area (Å²) in [6.45, 7) is 5.42. The molecular formula is C20H26N4O. The lowest BCUT2D eigenvalue weighted by molar-refractivity contribution is 0.0906. The number of para-hydroxylation sites is 1. The number of benzene rings is 1. The lowest BCUT2D eigenvalue weighted by Gasteiger charge is -2.31. The number of nitrogens with one attached hydrogen (secondary N) is 1. The van der Waals surface area contributed by atoms with Gasteiger partial charge in [0.25, 0.3) is 5.91 Å². The molecule has 1 N–H and O–H groups in total. The first-order valence-electron chi connectivity index (χ1n) is 9.45. The Bertz CT molecular complexity index is 745. The fourth-order valence-electron chi connectivity index (χ4n) is 4.05. The van der Waals surface area contributed by atoms with Crippen LogP contribution in [0.3, 0.4) is 0 Å². The Labute approximate surface area is 149 Å². The van der Waals surface area contributed by atoms with Crippen LogP contribution in [-0.4, -0.2) is 46.3 Å². The van der Waals surface area contributed by atoms with E-state index in [-0.39, 0.29) is 11.9 Å². The van der Waals surface area contributed by atoms with Crippen molar-refractivity contribution < 1.29 is 4.79 Å². The highest BCUT2D eigenvalue weighted by Gasteiger charge is 2.28. The van der Waals surface area contributed by atoms with Crippen molar-refractivity contribution >= 4 is 5.91 Å². The zero-order valence-electron chi connectivity index (χ0n) is 14.9. The van der Waals surface area contributed by atoms with E-state index in [1.165, 1.54) is 5.69 Å². The molecule has 1 amide bonds. The second kappa shape index (κ2) is 7.00. The van der Waals surface area contributed by atoms with Gasteiger partial charge in [-0.05, 0) is 50.8 Å². The maximum Gasteiger partial charge on any atom is 0.272 e. The highest BCUT2D eigenvalue weighted by molar-refractivity contribution is 5.94. The van der Waals surface area contributed by atoms with E-state index in [2.05, 4.69) is 17.1 Å². The Kier molecular flexibility index (Phi) is 4.57. The molecule has 132 valence electrons. The molecule has 2 heterocycles. The minimum atomic E-state index is 0.00257. The Balaban J connectivity index is 1.54. The molecule has 5 nitrogen and oxygen atoms in total. The normalized spacial score (nSPS) is 18.3. The number of fused-ring (bicyclic) bond motifs is 1. The first-order chi connectivity index (χ1) is 12.3. The third kappa shape index (κ3) is 3.21. The van der Waals surface area contributed by atoms with Gasteiger partial charge in [0.05, 0.1) is 5.69 Å². The number of hydrogen-bond acceptors (Lipinski definition) is 3. The molecule has 4 rings (SSSR count). The number of carbonyl (C=O) groups excluding carboxylic acids is 1. The van der Waals surface area contributed by atoms with Crippen molar-refractivity contribution in [1.29, 1.82) is 0 Å². The minimum Gasteiger partial charge on any atom is -0.348 e. The predicted molar refractivity (Wildman–Crippen MR) is 98.2 cm³/mol. The Morgan fingerprint density at radius 3 is 2.68 bits per heavy atom. The Hall–Kier alpha value is -2.14. The fraction of sp³-hybridized carbons (Fsp3) is 0.500. The summed E-state index contributed by atoms with van der Waals surface area (Å²) in [5, 5.41) is 7.93. The minimum absolute atomic E-state index is 0.00257. The number of nitrogens with zero attached hydrogens (tertiary/aromatic N) is 3. The van der Waals surface area contributed by atoms with Crippen LogP contribution in [-0.2, 0) is 12.8 Å². The molecule has 1 aliphatic carbocycles. The average Bonchev–Trinajstić information content (AvgIpc) is 3.25. The molecule has 25 heavy (non-hydrogen) atoms. The summed E-state index contributed by atoms with van der Waals surface area (Å²) in [6, 6.07) is 10.4. The summed E-state index contributed by atoms with van der Waals surface area (Å²) in [7, 11) is 0. The standard InChI is InChI=1S/C20H26N4O/c1-2-23-13-11-15(12-14-23)21-20(25)19-17-9-6-10-18(17)24(22-19)16-7-4-3-5-8-16/h3-5,7-8,15H,2,6,9-14H2,1H3,(H,21,25). The van der Waals surface area contributed by atoms with Crippen LogP contribution >= 0.6 is 0 Å². The monoisotopic (exact) mass is 338 g/mol. The van der Waals surface area contributed by atoms with Gasteiger partial charge in [-0.1, -0.05) is 25.1 Å². The number of rotatable bonds is 4. The van der Waals surface area contributed by atoms with Gasteiger partial charge in [0, 0.05) is 30.4 Å². The van der Waals surface area contributed by atoms with Crippen molar-refractivity contribution in [2.45, 2.75) is 45.1 Å². The Morgan fingerprint density at radius 1 is 1.20 bits per heavy atom. The van der Waals surface area contributed by atoms with Gasteiger partial charge < -0.3 is 10.2 Å². The van der Waals surface area contributed by atoms with Gasteiger partial charge in [-0.3, -0.25) is 4.79 Å². The fourth-order valence-corrected chi connectivity index (χ4v) is 4.05. The molecule has 0 saturated carbocycles. The topological polar surface area (TPSA) is 50.2 Å². The van der Waals surface area contributed by atoms with Crippen molar-refractivity contribution in [2.75, 3.05) is 19.6 Å². The largest absolute Gasteiger partial charge is 0.348 e. The van der Waals surface area contributed by atoms with Crippen molar-refractivity contribution in [3.63, 3.8) is 0 Å². The highest BCUT2D eigenvalue weighted by Crippen LogP contribution is 2.28. The smallest absolute Gasteiger partial charge is 0.272 e. The number of hydrogen-bond donors (Lipinski definition) is 1. The quantitative estimate of drug-likeness (QED) is 0.932. The van der Waals surface area contributed by atoms with Gasteiger partial charge in [0.2, 0.25) is 0 Å². The Morgan fingerprint density at radius 2 is 1.96 bits per heavy atom. The van der Waals surface area contributed by atoms with Crippen LogP contribution in [0, 0.1) is 0 Å². The van der Waals surface area contributed by atoms with Crippen LogP contribution in [0.2, 0.25) is 0 Å². The van der Waals surface area contributed by atoms with E-state index in [1.54, 1.807) is 0 Å². The van der Waals surface area contributed by atoms with E-state index in [0.717, 1.165) is 63.0 Å². The second-order valence-corrected chi connectivity index (χ2v) is 7.06. The van der Waals surface area contributed by atoms with Gasteiger partial charge in [0.15, 0.2) is 5.69 Å². The molecule has 5 heteroatoms. The highest BCUT2D eigenvalue weighted by atomic mass is 16.2. The van der Waals surface area contributed by atoms with E-state index in [1.807, 2.05) is 35.0 Å². The number of carbonyl (C=O) groups is 1. The molecular weight excluding hydrogens is 312 g/mol. The molecule has 0 bridgehead atoms. The van der Waals surface area contributed by atoms with Crippen molar-refractivity contribution in [3.8, 4) is 5.69 Å². The lowest BCUT2D eigenvalue weighted by Crippen LogP contribution is -2.44. The third-order valence-electron chi connectivity index (χ3n) is 5.52. The number of likely N-dealkylation sites (tertiary alicyclic amines) is 1. The molecule has 1 aliphatic heterocycles. The SMILES string of the molecule is CCN1CCC(NC(=O)c2nn(-c3ccccc3)c3c2CCC3)CC1. The predicted octanol–water partition coefficient (Wildman–Crippen LogP) is 2.58. The van der Waals surface area contributed by atoms with E-state index in [0.29, 0.717) is 5.69 Å². The summed E-state index contributed by atoms with van der Waals surface area (Å²) in [5.74, 6) is 0.00257. The van der Waals surface area contributed by atoms with E-state index in [9.17, 15) is 4.79 Å². The molecule has 0 unspecified atom stereocenters. The maximum absolute atomic E-state index is 12.9. The van der Waals surface area contributed by atoms with Crippen molar-refractivity contribution in [1.82, 2.24) is 20.0 Å². The van der Waals surface area contributed by atoms with Crippen molar-refractivity contribution in [2.24, 2.45) is 0 Å². The second-order valence-electron chi connectivity index (χ2n) is 7.06. The molecule has 2 aliphatic rings. The van der Waals surface area contributed by atoms with E-state index < -0.39 is 0 Å². The van der Waals surface area contributed by atoms with Gasteiger partial charge in [0.1, 0.15) is 0 Å².